The number of carbonyl (C=O) groups is 2. The van der Waals surface area contributed by atoms with Gasteiger partial charge >= 0.3 is 5.97 Å². The summed E-state index contributed by atoms with van der Waals surface area (Å²) < 4.78 is 9.70. The second-order valence-electron chi connectivity index (χ2n) is 4.63. The topological polar surface area (TPSA) is 102 Å². The van der Waals surface area contributed by atoms with Crippen molar-refractivity contribution in [1.82, 2.24) is 10.5 Å². The molecule has 0 saturated carbocycles. The summed E-state index contributed by atoms with van der Waals surface area (Å²) in [5, 5.41) is 15.2. The molecule has 8 heteroatoms. The van der Waals surface area contributed by atoms with E-state index in [-0.39, 0.29) is 18.1 Å². The fraction of sp³-hybridized carbons (Fsp3) is 0.267. The maximum Gasteiger partial charge on any atom is 0.305 e. The molecule has 1 aromatic heterocycles. The molecule has 1 heterocycles. The zero-order valence-electron chi connectivity index (χ0n) is 12.6. The highest BCUT2D eigenvalue weighted by Crippen LogP contribution is 2.22. The minimum atomic E-state index is -1.01. The summed E-state index contributed by atoms with van der Waals surface area (Å²) in [6.07, 6.45) is 1.71. The predicted molar refractivity (Wildman–Crippen MR) is 83.7 cm³/mol. The number of rotatable bonds is 7. The first-order valence-corrected chi connectivity index (χ1v) is 7.93. The van der Waals surface area contributed by atoms with Crippen molar-refractivity contribution in [1.29, 1.82) is 0 Å². The summed E-state index contributed by atoms with van der Waals surface area (Å²) in [6, 6.07) is 7.99. The highest BCUT2D eigenvalue weighted by atomic mass is 32.2. The number of benzene rings is 1. The number of carbonyl (C=O) groups excluding carboxylic acids is 1. The van der Waals surface area contributed by atoms with E-state index in [1.807, 2.05) is 18.4 Å². The Morgan fingerprint density at radius 2 is 2.09 bits per heavy atom. The number of aliphatic carboxylic acids is 1. The van der Waals surface area contributed by atoms with Crippen molar-refractivity contribution in [3.63, 3.8) is 0 Å². The van der Waals surface area contributed by atoms with Gasteiger partial charge in [-0.05, 0) is 29.1 Å². The summed E-state index contributed by atoms with van der Waals surface area (Å²) in [7, 11) is 1.40. The van der Waals surface area contributed by atoms with Crippen molar-refractivity contribution in [3.05, 3.63) is 41.7 Å². The molecule has 0 spiro atoms. The van der Waals surface area contributed by atoms with Crippen LogP contribution in [0.15, 0.2) is 39.8 Å². The van der Waals surface area contributed by atoms with Crippen LogP contribution in [-0.4, -0.2) is 35.5 Å². The van der Waals surface area contributed by atoms with Gasteiger partial charge in [-0.1, -0.05) is 12.1 Å². The SMILES string of the molecule is COc1cc(C(=O)NC(CC(=O)O)c2ccc(SC)cc2)on1. The first kappa shape index (κ1) is 16.9. The normalized spacial score (nSPS) is 11.7. The van der Waals surface area contributed by atoms with Crippen LogP contribution in [0.2, 0.25) is 0 Å². The molecule has 0 aliphatic carbocycles. The number of ether oxygens (including phenoxy) is 1. The number of hydrogen-bond acceptors (Lipinski definition) is 6. The Bertz CT molecular complexity index is 683. The molecule has 23 heavy (non-hydrogen) atoms. The van der Waals surface area contributed by atoms with Crippen LogP contribution in [0, 0.1) is 0 Å². The van der Waals surface area contributed by atoms with Gasteiger partial charge in [-0.3, -0.25) is 9.59 Å². The third kappa shape index (κ3) is 4.49. The highest BCUT2D eigenvalue weighted by molar-refractivity contribution is 7.98. The lowest BCUT2D eigenvalue weighted by molar-refractivity contribution is -0.137. The van der Waals surface area contributed by atoms with Crippen molar-refractivity contribution in [2.45, 2.75) is 17.4 Å². The molecule has 1 aromatic carbocycles. The number of amides is 1. The monoisotopic (exact) mass is 336 g/mol. The summed E-state index contributed by atoms with van der Waals surface area (Å²) in [5.41, 5.74) is 0.699. The largest absolute Gasteiger partial charge is 0.481 e. The molecule has 1 atom stereocenters. The fourth-order valence-electron chi connectivity index (χ4n) is 1.95. The number of carboxylic acid groups (broad SMARTS) is 1. The number of nitrogens with one attached hydrogen (secondary N) is 1. The van der Waals surface area contributed by atoms with Crippen LogP contribution < -0.4 is 10.1 Å². The molecule has 0 saturated heterocycles. The van der Waals surface area contributed by atoms with Crippen LogP contribution in [0.1, 0.15) is 28.6 Å². The lowest BCUT2D eigenvalue weighted by atomic mass is 10.0. The van der Waals surface area contributed by atoms with Gasteiger partial charge in [0.1, 0.15) is 0 Å². The average molecular weight is 336 g/mol. The first-order chi connectivity index (χ1) is 11.0. The maximum absolute atomic E-state index is 12.2. The molecule has 0 aliphatic heterocycles. The van der Waals surface area contributed by atoms with Crippen molar-refractivity contribution in [2.75, 3.05) is 13.4 Å². The van der Waals surface area contributed by atoms with Gasteiger partial charge in [0.2, 0.25) is 5.76 Å². The second-order valence-corrected chi connectivity index (χ2v) is 5.51. The zero-order chi connectivity index (χ0) is 16.8. The van der Waals surface area contributed by atoms with E-state index in [0.29, 0.717) is 5.56 Å². The van der Waals surface area contributed by atoms with Crippen molar-refractivity contribution in [3.8, 4) is 5.88 Å². The van der Waals surface area contributed by atoms with Gasteiger partial charge in [0, 0.05) is 4.90 Å². The van der Waals surface area contributed by atoms with E-state index in [4.69, 9.17) is 14.4 Å². The number of methoxy groups -OCH3 is 1. The molecule has 0 aliphatic rings. The fourth-order valence-corrected chi connectivity index (χ4v) is 2.36. The Kier molecular flexibility index (Phi) is 5.64. The number of nitrogens with zero attached hydrogens (tertiary/aromatic N) is 1. The molecule has 7 nitrogen and oxygen atoms in total. The lowest BCUT2D eigenvalue weighted by Gasteiger charge is -2.16. The number of thioether (sulfide) groups is 1. The summed E-state index contributed by atoms with van der Waals surface area (Å²) in [6.45, 7) is 0. The Hall–Kier alpha value is -2.48. The minimum Gasteiger partial charge on any atom is -0.481 e. The molecule has 122 valence electrons. The van der Waals surface area contributed by atoms with Gasteiger partial charge in [-0.25, -0.2) is 0 Å². The third-order valence-electron chi connectivity index (χ3n) is 3.12. The van der Waals surface area contributed by atoms with Crippen LogP contribution >= 0.6 is 11.8 Å². The van der Waals surface area contributed by atoms with Gasteiger partial charge in [-0.15, -0.1) is 11.8 Å². The Labute approximate surface area is 137 Å². The summed E-state index contributed by atoms with van der Waals surface area (Å²) in [5.74, 6) is -1.44. The smallest absolute Gasteiger partial charge is 0.305 e. The molecule has 0 fully saturated rings. The molecule has 1 unspecified atom stereocenters. The average Bonchev–Trinajstić information content (AvgIpc) is 3.03. The maximum atomic E-state index is 12.2. The number of hydrogen-bond donors (Lipinski definition) is 2. The van der Waals surface area contributed by atoms with E-state index in [0.717, 1.165) is 4.90 Å². The van der Waals surface area contributed by atoms with E-state index in [9.17, 15) is 9.59 Å². The Morgan fingerprint density at radius 3 is 2.61 bits per heavy atom. The van der Waals surface area contributed by atoms with E-state index in [1.54, 1.807) is 23.9 Å². The molecular formula is C15H16N2O5S. The lowest BCUT2D eigenvalue weighted by Crippen LogP contribution is -2.30. The van der Waals surface area contributed by atoms with E-state index in [2.05, 4.69) is 10.5 Å². The van der Waals surface area contributed by atoms with Crippen LogP contribution in [0.5, 0.6) is 5.88 Å². The van der Waals surface area contributed by atoms with Crippen LogP contribution in [0.3, 0.4) is 0 Å². The third-order valence-corrected chi connectivity index (χ3v) is 3.87. The second kappa shape index (κ2) is 7.68. The highest BCUT2D eigenvalue weighted by Gasteiger charge is 2.21. The molecule has 2 aromatic rings. The van der Waals surface area contributed by atoms with E-state index < -0.39 is 17.9 Å². The molecule has 1 amide bonds. The minimum absolute atomic E-state index is 0.0435. The molecule has 0 bridgehead atoms. The van der Waals surface area contributed by atoms with Crippen LogP contribution in [-0.2, 0) is 4.79 Å². The van der Waals surface area contributed by atoms with Crippen molar-refractivity contribution in [2.24, 2.45) is 0 Å². The zero-order valence-corrected chi connectivity index (χ0v) is 13.4. The van der Waals surface area contributed by atoms with Gasteiger partial charge in [0.25, 0.3) is 11.8 Å². The van der Waals surface area contributed by atoms with Crippen molar-refractivity contribution < 1.29 is 24.0 Å². The standard InChI is InChI=1S/C15H16N2O5S/c1-21-13-8-12(22-17-13)15(20)16-11(7-14(18)19)9-3-5-10(23-2)6-4-9/h3-6,8,11H,7H2,1-2H3,(H,16,20)(H,18,19). The van der Waals surface area contributed by atoms with Gasteiger partial charge in [0.05, 0.1) is 25.6 Å². The Balaban J connectivity index is 2.17. The predicted octanol–water partition coefficient (Wildman–Crippen LogP) is 2.35. The van der Waals surface area contributed by atoms with Crippen molar-refractivity contribution >= 4 is 23.6 Å². The summed E-state index contributed by atoms with van der Waals surface area (Å²) >= 11 is 1.58. The number of carboxylic acids is 1. The number of aromatic nitrogens is 1. The summed E-state index contributed by atoms with van der Waals surface area (Å²) in [4.78, 5) is 24.3. The van der Waals surface area contributed by atoms with Gasteiger partial charge < -0.3 is 19.7 Å². The molecule has 2 rings (SSSR count). The van der Waals surface area contributed by atoms with Gasteiger partial charge in [-0.2, -0.15) is 0 Å². The first-order valence-electron chi connectivity index (χ1n) is 6.70. The van der Waals surface area contributed by atoms with E-state index in [1.165, 1.54) is 13.2 Å². The van der Waals surface area contributed by atoms with Gasteiger partial charge in [0.15, 0.2) is 0 Å². The quantitative estimate of drug-likeness (QED) is 0.748. The Morgan fingerprint density at radius 1 is 1.39 bits per heavy atom. The van der Waals surface area contributed by atoms with Crippen LogP contribution in [0.4, 0.5) is 0 Å². The van der Waals surface area contributed by atoms with Crippen LogP contribution in [0.25, 0.3) is 0 Å². The molecule has 2 N–H and O–H groups in total. The molecule has 0 radical (unpaired) electrons. The molecular weight excluding hydrogens is 320 g/mol. The van der Waals surface area contributed by atoms with E-state index >= 15 is 0 Å².